The number of rotatable bonds is 7. The van der Waals surface area contributed by atoms with Crippen LogP contribution in [0.5, 0.6) is 0 Å². The quantitative estimate of drug-likeness (QED) is 0.757. The summed E-state index contributed by atoms with van der Waals surface area (Å²) in [6.45, 7) is 4.74. The Hall–Kier alpha value is -1.49. The maximum Gasteiger partial charge on any atom is 0.169 e. The van der Waals surface area contributed by atoms with Gasteiger partial charge in [-0.25, -0.2) is 0 Å². The molecule has 134 valence electrons. The highest BCUT2D eigenvalue weighted by Gasteiger charge is 2.34. The fourth-order valence-electron chi connectivity index (χ4n) is 3.81. The van der Waals surface area contributed by atoms with Gasteiger partial charge in [-0.1, -0.05) is 30.3 Å². The number of aliphatic hydroxyl groups excluding tert-OH is 1. The van der Waals surface area contributed by atoms with E-state index in [0.717, 1.165) is 50.2 Å². The number of ketones is 1. The van der Waals surface area contributed by atoms with Crippen molar-refractivity contribution in [1.29, 1.82) is 0 Å². The van der Waals surface area contributed by atoms with Gasteiger partial charge in [0.2, 0.25) is 0 Å². The second-order valence-corrected chi connectivity index (χ2v) is 8.24. The molecular formula is C21H27NO2S. The molecule has 0 saturated carbocycles. The number of Topliss-reactive ketones (excluding diaryl/α,β-unsaturated/α-hetero) is 1. The van der Waals surface area contributed by atoms with Gasteiger partial charge in [0.1, 0.15) is 0 Å². The van der Waals surface area contributed by atoms with E-state index in [0.29, 0.717) is 0 Å². The Balaban J connectivity index is 1.62. The molecule has 4 heteroatoms. The molecule has 0 spiro atoms. The number of thiophene rings is 1. The Morgan fingerprint density at radius 1 is 1.28 bits per heavy atom. The monoisotopic (exact) mass is 357 g/mol. The Morgan fingerprint density at radius 3 is 2.76 bits per heavy atom. The summed E-state index contributed by atoms with van der Waals surface area (Å²) in [5.41, 5.74) is 2.55. The third-order valence-electron chi connectivity index (χ3n) is 5.27. The minimum atomic E-state index is -0.00643. The fourth-order valence-corrected chi connectivity index (χ4v) is 4.62. The molecule has 3 rings (SSSR count). The first-order valence-corrected chi connectivity index (χ1v) is 9.94. The summed E-state index contributed by atoms with van der Waals surface area (Å²) in [5.74, 6) is 0.141. The molecule has 25 heavy (non-hydrogen) atoms. The number of likely N-dealkylation sites (tertiary alicyclic amines) is 1. The molecule has 0 radical (unpaired) electrons. The number of benzene rings is 1. The molecule has 0 bridgehead atoms. The molecule has 1 aromatic heterocycles. The lowest BCUT2D eigenvalue weighted by atomic mass is 9.76. The summed E-state index contributed by atoms with van der Waals surface area (Å²) in [7, 11) is 0. The van der Waals surface area contributed by atoms with Gasteiger partial charge in [-0.05, 0) is 61.7 Å². The highest BCUT2D eigenvalue weighted by atomic mass is 32.1. The zero-order valence-corrected chi connectivity index (χ0v) is 15.7. The van der Waals surface area contributed by atoms with E-state index in [-0.39, 0.29) is 17.8 Å². The lowest BCUT2D eigenvalue weighted by Crippen LogP contribution is -2.45. The second kappa shape index (κ2) is 8.26. The van der Waals surface area contributed by atoms with Gasteiger partial charge in [0.15, 0.2) is 5.78 Å². The minimum Gasteiger partial charge on any atom is -0.396 e. The van der Waals surface area contributed by atoms with Crippen molar-refractivity contribution in [2.45, 2.75) is 39.2 Å². The third-order valence-corrected chi connectivity index (χ3v) is 6.35. The van der Waals surface area contributed by atoms with Crippen LogP contribution in [-0.4, -0.2) is 35.5 Å². The van der Waals surface area contributed by atoms with E-state index in [1.807, 2.05) is 12.1 Å². The Kier molecular flexibility index (Phi) is 6.05. The summed E-state index contributed by atoms with van der Waals surface area (Å²) in [4.78, 5) is 14.8. The van der Waals surface area contributed by atoms with E-state index in [4.69, 9.17) is 0 Å². The van der Waals surface area contributed by atoms with Crippen LogP contribution < -0.4 is 0 Å². The Bertz CT molecular complexity index is 697. The van der Waals surface area contributed by atoms with Crippen molar-refractivity contribution in [3.63, 3.8) is 0 Å². The van der Waals surface area contributed by atoms with Crippen LogP contribution in [0.2, 0.25) is 0 Å². The molecule has 0 amide bonds. The molecule has 1 aromatic carbocycles. The van der Waals surface area contributed by atoms with Crippen molar-refractivity contribution in [1.82, 2.24) is 4.90 Å². The average molecular weight is 358 g/mol. The standard InChI is InChI=1S/C21H27NO2S/c1-17(24)20-12-19(14-25-20)13-22-11-5-9-21(15-22,16-23)10-8-18-6-3-2-4-7-18/h2-4,6-7,12,14,23H,5,8-11,13,15-16H2,1H3. The first kappa shape index (κ1) is 18.3. The lowest BCUT2D eigenvalue weighted by Gasteiger charge is -2.42. The van der Waals surface area contributed by atoms with E-state index >= 15 is 0 Å². The van der Waals surface area contributed by atoms with Crippen LogP contribution in [0.1, 0.15) is 47.0 Å². The number of carbonyl (C=O) groups excluding carboxylic acids is 1. The van der Waals surface area contributed by atoms with Gasteiger partial charge in [-0.2, -0.15) is 0 Å². The maximum absolute atomic E-state index is 11.5. The average Bonchev–Trinajstić information content (AvgIpc) is 3.10. The molecule has 2 aromatic rings. The number of aryl methyl sites for hydroxylation is 1. The van der Waals surface area contributed by atoms with Crippen LogP contribution in [0.15, 0.2) is 41.8 Å². The van der Waals surface area contributed by atoms with Crippen LogP contribution in [0, 0.1) is 5.41 Å². The Morgan fingerprint density at radius 2 is 2.08 bits per heavy atom. The molecule has 0 aliphatic carbocycles. The van der Waals surface area contributed by atoms with E-state index in [1.54, 1.807) is 6.92 Å². The number of aliphatic hydroxyl groups is 1. The zero-order valence-electron chi connectivity index (χ0n) is 14.9. The van der Waals surface area contributed by atoms with Gasteiger partial charge in [-0.3, -0.25) is 9.69 Å². The molecule has 1 unspecified atom stereocenters. The first-order chi connectivity index (χ1) is 12.1. The summed E-state index contributed by atoms with van der Waals surface area (Å²) in [5, 5.41) is 12.2. The highest BCUT2D eigenvalue weighted by molar-refractivity contribution is 7.12. The van der Waals surface area contributed by atoms with Crippen molar-refractivity contribution < 1.29 is 9.90 Å². The van der Waals surface area contributed by atoms with Gasteiger partial charge in [0, 0.05) is 25.1 Å². The van der Waals surface area contributed by atoms with Crippen molar-refractivity contribution in [3.8, 4) is 0 Å². The first-order valence-electron chi connectivity index (χ1n) is 9.06. The summed E-state index contributed by atoms with van der Waals surface area (Å²) >= 11 is 1.53. The topological polar surface area (TPSA) is 40.5 Å². The van der Waals surface area contributed by atoms with E-state index < -0.39 is 0 Å². The van der Waals surface area contributed by atoms with Crippen molar-refractivity contribution in [3.05, 3.63) is 57.8 Å². The lowest BCUT2D eigenvalue weighted by molar-refractivity contribution is 0.0224. The molecule has 1 atom stereocenters. The number of piperidine rings is 1. The molecule has 1 fully saturated rings. The zero-order chi connectivity index (χ0) is 17.7. The third kappa shape index (κ3) is 4.78. The van der Waals surface area contributed by atoms with Crippen molar-refractivity contribution in [2.75, 3.05) is 19.7 Å². The van der Waals surface area contributed by atoms with Gasteiger partial charge in [0.05, 0.1) is 4.88 Å². The Labute approximate surface area is 154 Å². The van der Waals surface area contributed by atoms with E-state index in [1.165, 1.54) is 22.5 Å². The van der Waals surface area contributed by atoms with Crippen molar-refractivity contribution >= 4 is 17.1 Å². The smallest absolute Gasteiger partial charge is 0.169 e. The van der Waals surface area contributed by atoms with Gasteiger partial charge in [0.25, 0.3) is 0 Å². The molecule has 3 nitrogen and oxygen atoms in total. The predicted molar refractivity (Wildman–Crippen MR) is 103 cm³/mol. The number of hydrogen-bond acceptors (Lipinski definition) is 4. The van der Waals surface area contributed by atoms with E-state index in [9.17, 15) is 9.90 Å². The molecule has 1 aliphatic heterocycles. The maximum atomic E-state index is 11.5. The van der Waals surface area contributed by atoms with Crippen LogP contribution in [0.4, 0.5) is 0 Å². The molecule has 1 aliphatic rings. The SMILES string of the molecule is CC(=O)c1cc(CN2CCCC(CO)(CCc3ccccc3)C2)cs1. The molecule has 2 heterocycles. The molecule has 1 saturated heterocycles. The predicted octanol–water partition coefficient (Wildman–Crippen LogP) is 4.16. The number of carbonyl (C=O) groups is 1. The summed E-state index contributed by atoms with van der Waals surface area (Å²) in [6.07, 6.45) is 4.25. The second-order valence-electron chi connectivity index (χ2n) is 7.33. The molecule has 1 N–H and O–H groups in total. The summed E-state index contributed by atoms with van der Waals surface area (Å²) in [6, 6.07) is 12.6. The van der Waals surface area contributed by atoms with Crippen LogP contribution in [0.3, 0.4) is 0 Å². The van der Waals surface area contributed by atoms with Crippen molar-refractivity contribution in [2.24, 2.45) is 5.41 Å². The summed E-state index contributed by atoms with van der Waals surface area (Å²) < 4.78 is 0. The van der Waals surface area contributed by atoms with E-state index in [2.05, 4.69) is 34.5 Å². The fraction of sp³-hybridized carbons (Fsp3) is 0.476. The highest BCUT2D eigenvalue weighted by Crippen LogP contribution is 2.35. The largest absolute Gasteiger partial charge is 0.396 e. The van der Waals surface area contributed by atoms with Crippen LogP contribution in [-0.2, 0) is 13.0 Å². The number of nitrogens with zero attached hydrogens (tertiary/aromatic N) is 1. The minimum absolute atomic E-state index is 0.00643. The van der Waals surface area contributed by atoms with Crippen LogP contribution >= 0.6 is 11.3 Å². The van der Waals surface area contributed by atoms with Gasteiger partial charge >= 0.3 is 0 Å². The van der Waals surface area contributed by atoms with Gasteiger partial charge in [-0.15, -0.1) is 11.3 Å². The normalized spacial score (nSPS) is 21.4. The van der Waals surface area contributed by atoms with Crippen LogP contribution in [0.25, 0.3) is 0 Å². The molecular weight excluding hydrogens is 330 g/mol. The number of hydrogen-bond donors (Lipinski definition) is 1. The van der Waals surface area contributed by atoms with Gasteiger partial charge < -0.3 is 5.11 Å².